The van der Waals surface area contributed by atoms with Crippen molar-refractivity contribution in [1.29, 1.82) is 0 Å². The van der Waals surface area contributed by atoms with Crippen LogP contribution in [0, 0.1) is 0 Å². The number of hydrogen-bond acceptors (Lipinski definition) is 5. The maximum Gasteiger partial charge on any atom is 0.416 e. The summed E-state index contributed by atoms with van der Waals surface area (Å²) in [6, 6.07) is 10.3. The molecule has 0 amide bonds. The van der Waals surface area contributed by atoms with Gasteiger partial charge < -0.3 is 10.1 Å². The summed E-state index contributed by atoms with van der Waals surface area (Å²) in [5.41, 5.74) is -3.42. The van der Waals surface area contributed by atoms with Gasteiger partial charge in [0.1, 0.15) is 0 Å². The van der Waals surface area contributed by atoms with Gasteiger partial charge in [-0.25, -0.2) is 9.89 Å². The van der Waals surface area contributed by atoms with E-state index in [1.807, 2.05) is 30.3 Å². The van der Waals surface area contributed by atoms with Crippen LogP contribution in [0.5, 0.6) is 0 Å². The van der Waals surface area contributed by atoms with E-state index in [9.17, 15) is 31.1 Å². The van der Waals surface area contributed by atoms with Crippen LogP contribution in [0.15, 0.2) is 53.3 Å². The van der Waals surface area contributed by atoms with Crippen LogP contribution in [-0.2, 0) is 22.6 Å². The lowest BCUT2D eigenvalue weighted by atomic mass is 9.81. The summed E-state index contributed by atoms with van der Waals surface area (Å²) in [5, 5.41) is 12.9. The summed E-state index contributed by atoms with van der Waals surface area (Å²) in [5.74, 6) is 0. The molecule has 4 rings (SSSR count). The molecule has 1 aliphatic heterocycles. The SMILES string of the molecule is C[C@@H](OC[C@@]1(c2ccccc2)CCC(n2nn[nH]c2=O)CN1)c1cc(C(F)(F)F)cc(C(F)(F)F)c1. The van der Waals surface area contributed by atoms with Gasteiger partial charge in [-0.15, -0.1) is 0 Å². The fourth-order valence-electron chi connectivity index (χ4n) is 4.36. The Kier molecular flexibility index (Phi) is 6.97. The first-order valence-corrected chi connectivity index (χ1v) is 11.1. The summed E-state index contributed by atoms with van der Waals surface area (Å²) in [6.07, 6.45) is -9.98. The second kappa shape index (κ2) is 9.69. The van der Waals surface area contributed by atoms with Crippen molar-refractivity contribution in [3.05, 3.63) is 81.3 Å². The highest BCUT2D eigenvalue weighted by Crippen LogP contribution is 2.39. The summed E-state index contributed by atoms with van der Waals surface area (Å²) < 4.78 is 86.9. The van der Waals surface area contributed by atoms with E-state index in [1.165, 1.54) is 11.6 Å². The first-order valence-electron chi connectivity index (χ1n) is 11.1. The number of halogens is 6. The number of aromatic amines is 1. The van der Waals surface area contributed by atoms with Crippen molar-refractivity contribution >= 4 is 0 Å². The Labute approximate surface area is 201 Å². The van der Waals surface area contributed by atoms with E-state index in [0.717, 1.165) is 5.56 Å². The highest BCUT2D eigenvalue weighted by Gasteiger charge is 2.40. The molecule has 3 atom stereocenters. The Morgan fingerprint density at radius 1 is 1.08 bits per heavy atom. The monoisotopic (exact) mass is 515 g/mol. The molecule has 36 heavy (non-hydrogen) atoms. The largest absolute Gasteiger partial charge is 0.416 e. The number of benzene rings is 2. The molecule has 0 aliphatic carbocycles. The molecular weight excluding hydrogens is 492 g/mol. The number of piperidine rings is 1. The Hall–Kier alpha value is -3.19. The molecule has 13 heteroatoms. The van der Waals surface area contributed by atoms with E-state index >= 15 is 0 Å². The molecule has 0 spiro atoms. The first-order chi connectivity index (χ1) is 16.9. The van der Waals surface area contributed by atoms with Crippen LogP contribution in [-0.4, -0.2) is 33.4 Å². The lowest BCUT2D eigenvalue weighted by Gasteiger charge is -2.42. The van der Waals surface area contributed by atoms with E-state index in [0.29, 0.717) is 31.5 Å². The maximum atomic E-state index is 13.3. The van der Waals surface area contributed by atoms with Gasteiger partial charge in [0.2, 0.25) is 0 Å². The highest BCUT2D eigenvalue weighted by atomic mass is 19.4. The third kappa shape index (κ3) is 5.46. The second-order valence-electron chi connectivity index (χ2n) is 8.76. The molecule has 2 heterocycles. The van der Waals surface area contributed by atoms with E-state index in [2.05, 4.69) is 20.8 Å². The van der Waals surface area contributed by atoms with Gasteiger partial charge in [-0.3, -0.25) is 0 Å². The van der Waals surface area contributed by atoms with Crippen LogP contribution in [0.3, 0.4) is 0 Å². The lowest BCUT2D eigenvalue weighted by Crippen LogP contribution is -2.53. The fourth-order valence-corrected chi connectivity index (χ4v) is 4.36. The van der Waals surface area contributed by atoms with Crippen molar-refractivity contribution in [1.82, 2.24) is 25.5 Å². The molecule has 194 valence electrons. The van der Waals surface area contributed by atoms with E-state index < -0.39 is 40.8 Å². The van der Waals surface area contributed by atoms with Crippen molar-refractivity contribution in [2.24, 2.45) is 0 Å². The topological polar surface area (TPSA) is 84.8 Å². The lowest BCUT2D eigenvalue weighted by molar-refractivity contribution is -0.143. The normalized spacial score (nSPS) is 21.9. The number of ether oxygens (including phenoxy) is 1. The molecule has 1 aromatic heterocycles. The predicted octanol–water partition coefficient (Wildman–Crippen LogP) is 4.60. The van der Waals surface area contributed by atoms with Gasteiger partial charge in [0.15, 0.2) is 0 Å². The first kappa shape index (κ1) is 25.9. The van der Waals surface area contributed by atoms with Crippen molar-refractivity contribution in [3.63, 3.8) is 0 Å². The zero-order valence-corrected chi connectivity index (χ0v) is 19.0. The Morgan fingerprint density at radius 2 is 1.72 bits per heavy atom. The van der Waals surface area contributed by atoms with Crippen LogP contribution in [0.4, 0.5) is 26.3 Å². The molecule has 0 bridgehead atoms. The predicted molar refractivity (Wildman–Crippen MR) is 116 cm³/mol. The minimum absolute atomic E-state index is 0.0315. The molecule has 2 N–H and O–H groups in total. The number of H-pyrrole nitrogens is 1. The smallest absolute Gasteiger partial charge is 0.372 e. The molecule has 0 radical (unpaired) electrons. The number of hydrogen-bond donors (Lipinski definition) is 2. The van der Waals surface area contributed by atoms with Crippen LogP contribution in [0.2, 0.25) is 0 Å². The number of rotatable bonds is 6. The molecule has 7 nitrogen and oxygen atoms in total. The summed E-state index contributed by atoms with van der Waals surface area (Å²) in [6.45, 7) is 1.70. The Bertz CT molecular complexity index is 1200. The number of aromatic nitrogens is 4. The Morgan fingerprint density at radius 3 is 2.22 bits per heavy atom. The van der Waals surface area contributed by atoms with E-state index in [1.54, 1.807) is 0 Å². The van der Waals surface area contributed by atoms with Crippen LogP contribution in [0.1, 0.15) is 54.2 Å². The van der Waals surface area contributed by atoms with Gasteiger partial charge >= 0.3 is 18.0 Å². The molecule has 1 unspecified atom stereocenters. The Balaban J connectivity index is 1.58. The van der Waals surface area contributed by atoms with Gasteiger partial charge in [-0.1, -0.05) is 30.3 Å². The molecule has 2 aromatic carbocycles. The maximum absolute atomic E-state index is 13.3. The second-order valence-corrected chi connectivity index (χ2v) is 8.76. The fraction of sp³-hybridized carbons (Fsp3) is 0.435. The van der Waals surface area contributed by atoms with Gasteiger partial charge in [0, 0.05) is 6.54 Å². The van der Waals surface area contributed by atoms with Crippen molar-refractivity contribution < 1.29 is 31.1 Å². The number of nitrogens with one attached hydrogen (secondary N) is 2. The van der Waals surface area contributed by atoms with Crippen molar-refractivity contribution in [3.8, 4) is 0 Å². The number of tetrazole rings is 1. The van der Waals surface area contributed by atoms with Crippen LogP contribution in [0.25, 0.3) is 0 Å². The van der Waals surface area contributed by atoms with Crippen molar-refractivity contribution in [2.75, 3.05) is 13.2 Å². The molecule has 1 saturated heterocycles. The van der Waals surface area contributed by atoms with Gasteiger partial charge in [0.25, 0.3) is 0 Å². The zero-order chi connectivity index (χ0) is 26.1. The van der Waals surface area contributed by atoms with Crippen molar-refractivity contribution in [2.45, 2.75) is 49.8 Å². The third-order valence-electron chi connectivity index (χ3n) is 6.41. The molecule has 1 fully saturated rings. The molecule has 1 aliphatic rings. The van der Waals surface area contributed by atoms with E-state index in [4.69, 9.17) is 4.74 Å². The quantitative estimate of drug-likeness (QED) is 0.469. The standard InChI is InChI=1S/C23H23F6N5O2/c1-14(15-9-17(22(24,25)26)11-18(10-15)23(27,28)29)36-13-21(16-5-3-2-4-6-16)8-7-19(12-30-21)34-20(35)31-32-33-34/h2-6,9-11,14,19,30H,7-8,12-13H2,1H3,(H,31,33,35)/t14-,19?,21-/m1/s1. The summed E-state index contributed by atoms with van der Waals surface area (Å²) in [7, 11) is 0. The molecule has 0 saturated carbocycles. The average Bonchev–Trinajstić information content (AvgIpc) is 3.27. The number of alkyl halides is 6. The number of nitrogens with zero attached hydrogens (tertiary/aromatic N) is 3. The van der Waals surface area contributed by atoms with Gasteiger partial charge in [-0.05, 0) is 59.5 Å². The van der Waals surface area contributed by atoms with Gasteiger partial charge in [0.05, 0.1) is 35.4 Å². The average molecular weight is 515 g/mol. The van der Waals surface area contributed by atoms with Crippen LogP contribution < -0.4 is 11.0 Å². The summed E-state index contributed by atoms with van der Waals surface area (Å²) in [4.78, 5) is 11.9. The van der Waals surface area contributed by atoms with Gasteiger partial charge in [-0.2, -0.15) is 31.0 Å². The third-order valence-corrected chi connectivity index (χ3v) is 6.41. The minimum atomic E-state index is -4.94. The highest BCUT2D eigenvalue weighted by molar-refractivity contribution is 5.35. The summed E-state index contributed by atoms with van der Waals surface area (Å²) >= 11 is 0. The zero-order valence-electron chi connectivity index (χ0n) is 19.0. The molecular formula is C23H23F6N5O2. The van der Waals surface area contributed by atoms with E-state index in [-0.39, 0.29) is 24.3 Å². The minimum Gasteiger partial charge on any atom is -0.372 e. The molecule has 3 aromatic rings. The van der Waals surface area contributed by atoms with Crippen LogP contribution >= 0.6 is 0 Å².